The van der Waals surface area contributed by atoms with Gasteiger partial charge in [0.15, 0.2) is 17.5 Å². The molecular formula is C25H12F8O. The lowest BCUT2D eigenvalue weighted by molar-refractivity contribution is -0.189. The number of benzene rings is 4. The van der Waals surface area contributed by atoms with Crippen LogP contribution < -0.4 is 4.74 Å². The summed E-state index contributed by atoms with van der Waals surface area (Å²) >= 11 is 0. The molecule has 0 amide bonds. The lowest BCUT2D eigenvalue weighted by atomic mass is 9.99. The highest BCUT2D eigenvalue weighted by molar-refractivity contribution is 5.70. The van der Waals surface area contributed by atoms with E-state index in [9.17, 15) is 35.1 Å². The smallest absolute Gasteiger partial charge is 0.429 e. The Balaban J connectivity index is 1.64. The third kappa shape index (κ3) is 4.59. The van der Waals surface area contributed by atoms with Crippen LogP contribution in [-0.2, 0) is 6.11 Å². The van der Waals surface area contributed by atoms with E-state index in [1.165, 1.54) is 30.3 Å². The molecule has 4 aromatic carbocycles. The molecule has 0 saturated heterocycles. The van der Waals surface area contributed by atoms with E-state index in [0.717, 1.165) is 0 Å². The predicted octanol–water partition coefficient (Wildman–Crippen LogP) is 7.98. The number of hydrogen-bond acceptors (Lipinski definition) is 1. The molecule has 34 heavy (non-hydrogen) atoms. The van der Waals surface area contributed by atoms with Gasteiger partial charge in [-0.15, -0.1) is 0 Å². The van der Waals surface area contributed by atoms with Crippen molar-refractivity contribution in [3.8, 4) is 28.0 Å². The third-order valence-electron chi connectivity index (χ3n) is 4.91. The summed E-state index contributed by atoms with van der Waals surface area (Å²) in [5.74, 6) is -10.5. The van der Waals surface area contributed by atoms with E-state index in [1.807, 2.05) is 0 Å². The number of rotatable bonds is 5. The van der Waals surface area contributed by atoms with Crippen molar-refractivity contribution in [3.05, 3.63) is 113 Å². The molecule has 0 aliphatic rings. The quantitative estimate of drug-likeness (QED) is 0.208. The van der Waals surface area contributed by atoms with Crippen LogP contribution in [0.2, 0.25) is 0 Å². The van der Waals surface area contributed by atoms with Crippen molar-refractivity contribution in [3.63, 3.8) is 0 Å². The Labute approximate surface area is 187 Å². The number of alkyl halides is 2. The first-order valence-electron chi connectivity index (χ1n) is 9.62. The van der Waals surface area contributed by atoms with Gasteiger partial charge in [0.05, 0.1) is 0 Å². The van der Waals surface area contributed by atoms with E-state index in [1.54, 1.807) is 18.2 Å². The van der Waals surface area contributed by atoms with Gasteiger partial charge in [-0.2, -0.15) is 8.78 Å². The molecule has 4 aromatic rings. The van der Waals surface area contributed by atoms with Gasteiger partial charge in [-0.25, -0.2) is 26.3 Å². The molecule has 1 nitrogen and oxygen atoms in total. The summed E-state index contributed by atoms with van der Waals surface area (Å²) in [6.45, 7) is 0. The third-order valence-corrected chi connectivity index (χ3v) is 4.91. The van der Waals surface area contributed by atoms with Crippen LogP contribution >= 0.6 is 0 Å². The van der Waals surface area contributed by atoms with Gasteiger partial charge in [0, 0.05) is 12.1 Å². The number of halogens is 8. The van der Waals surface area contributed by atoms with Crippen molar-refractivity contribution in [2.45, 2.75) is 6.11 Å². The normalized spacial score (nSPS) is 11.5. The monoisotopic (exact) mass is 480 g/mol. The summed E-state index contributed by atoms with van der Waals surface area (Å²) in [6, 6.07) is 13.3. The van der Waals surface area contributed by atoms with Crippen molar-refractivity contribution in [1.82, 2.24) is 0 Å². The van der Waals surface area contributed by atoms with E-state index in [0.29, 0.717) is 23.3 Å². The van der Waals surface area contributed by atoms with Gasteiger partial charge in [0.1, 0.15) is 28.8 Å². The zero-order valence-electron chi connectivity index (χ0n) is 16.9. The number of ether oxygens (including phenoxy) is 1. The molecule has 0 saturated carbocycles. The minimum atomic E-state index is -4.68. The summed E-state index contributed by atoms with van der Waals surface area (Å²) < 4.78 is 115. The van der Waals surface area contributed by atoms with Gasteiger partial charge in [-0.3, -0.25) is 0 Å². The van der Waals surface area contributed by atoms with Crippen LogP contribution in [0.4, 0.5) is 35.1 Å². The van der Waals surface area contributed by atoms with E-state index >= 15 is 0 Å². The van der Waals surface area contributed by atoms with Crippen LogP contribution in [0, 0.1) is 34.9 Å². The fourth-order valence-electron chi connectivity index (χ4n) is 3.33. The predicted molar refractivity (Wildman–Crippen MR) is 108 cm³/mol. The van der Waals surface area contributed by atoms with Crippen LogP contribution in [0.3, 0.4) is 0 Å². The van der Waals surface area contributed by atoms with Gasteiger partial charge in [-0.05, 0) is 46.5 Å². The lowest BCUT2D eigenvalue weighted by Crippen LogP contribution is -2.25. The minimum Gasteiger partial charge on any atom is -0.429 e. The molecule has 0 atom stereocenters. The van der Waals surface area contributed by atoms with Crippen molar-refractivity contribution in [2.24, 2.45) is 0 Å². The number of hydrogen-bond donors (Lipinski definition) is 0. The van der Waals surface area contributed by atoms with Crippen LogP contribution in [-0.4, -0.2) is 0 Å². The van der Waals surface area contributed by atoms with Crippen molar-refractivity contribution in [2.75, 3.05) is 0 Å². The highest BCUT2D eigenvalue weighted by atomic mass is 19.3. The highest BCUT2D eigenvalue weighted by Gasteiger charge is 2.41. The Bertz CT molecular complexity index is 1320. The molecule has 0 bridgehead atoms. The molecule has 0 aliphatic carbocycles. The molecule has 0 unspecified atom stereocenters. The summed E-state index contributed by atoms with van der Waals surface area (Å²) in [4.78, 5) is 0. The van der Waals surface area contributed by atoms with Gasteiger partial charge >= 0.3 is 6.11 Å². The summed E-state index contributed by atoms with van der Waals surface area (Å²) in [5, 5.41) is 0. The Morgan fingerprint density at radius 2 is 1.06 bits per heavy atom. The topological polar surface area (TPSA) is 9.23 Å². The largest absolute Gasteiger partial charge is 0.432 e. The van der Waals surface area contributed by atoms with E-state index < -0.39 is 52.3 Å². The summed E-state index contributed by atoms with van der Waals surface area (Å²) in [5.41, 5.74) is -0.433. The molecule has 0 aromatic heterocycles. The van der Waals surface area contributed by atoms with E-state index in [-0.39, 0.29) is 23.3 Å². The molecular weight excluding hydrogens is 468 g/mol. The highest BCUT2D eigenvalue weighted by Crippen LogP contribution is 2.38. The van der Waals surface area contributed by atoms with Crippen LogP contribution in [0.25, 0.3) is 22.3 Å². The first kappa shape index (κ1) is 23.3. The fourth-order valence-corrected chi connectivity index (χ4v) is 3.33. The molecule has 0 heterocycles. The SMILES string of the molecule is Fc1cccc(-c2ccc(-c3cc(F)c(C(F)(F)Oc4cc(F)c(F)c(F)c4)c(F)c3)cc2)c1. The molecule has 0 radical (unpaired) electrons. The first-order chi connectivity index (χ1) is 16.0. The second-order valence-electron chi connectivity index (χ2n) is 7.22. The second-order valence-corrected chi connectivity index (χ2v) is 7.22. The summed E-state index contributed by atoms with van der Waals surface area (Å²) in [6.07, 6.45) is -4.68. The van der Waals surface area contributed by atoms with Gasteiger partial charge in [-0.1, -0.05) is 36.4 Å². The van der Waals surface area contributed by atoms with Gasteiger partial charge in [0.2, 0.25) is 0 Å². The average Bonchev–Trinajstić information content (AvgIpc) is 2.76. The van der Waals surface area contributed by atoms with E-state index in [4.69, 9.17) is 0 Å². The van der Waals surface area contributed by atoms with Gasteiger partial charge < -0.3 is 4.74 Å². The van der Waals surface area contributed by atoms with Crippen molar-refractivity contribution in [1.29, 1.82) is 0 Å². The maximum atomic E-state index is 14.6. The fraction of sp³-hybridized carbons (Fsp3) is 0.0400. The van der Waals surface area contributed by atoms with Gasteiger partial charge in [0.25, 0.3) is 0 Å². The van der Waals surface area contributed by atoms with Crippen molar-refractivity contribution < 1.29 is 39.9 Å². The Kier molecular flexibility index (Phi) is 6.03. The minimum absolute atomic E-state index is 0.0841. The van der Waals surface area contributed by atoms with E-state index in [2.05, 4.69) is 4.74 Å². The zero-order valence-corrected chi connectivity index (χ0v) is 16.9. The summed E-state index contributed by atoms with van der Waals surface area (Å²) in [7, 11) is 0. The molecule has 4 rings (SSSR count). The second kappa shape index (κ2) is 8.81. The van der Waals surface area contributed by atoms with Crippen LogP contribution in [0.1, 0.15) is 5.56 Å². The molecule has 174 valence electrons. The lowest BCUT2D eigenvalue weighted by Gasteiger charge is -2.20. The Hall–Kier alpha value is -3.88. The maximum absolute atomic E-state index is 14.6. The Morgan fingerprint density at radius 3 is 1.59 bits per heavy atom. The molecule has 0 aliphatic heterocycles. The average molecular weight is 480 g/mol. The Morgan fingerprint density at radius 1 is 0.529 bits per heavy atom. The molecule has 9 heteroatoms. The van der Waals surface area contributed by atoms with Crippen LogP contribution in [0.15, 0.2) is 72.8 Å². The maximum Gasteiger partial charge on any atom is 0.432 e. The standard InChI is InChI=1S/C25H12F8O/c26-17-3-1-2-15(8-17)13-4-6-14(7-5-13)16-9-19(27)23(20(28)10-16)25(32,33)34-18-11-21(29)24(31)22(30)12-18/h1-12H. The first-order valence-corrected chi connectivity index (χ1v) is 9.62. The molecule has 0 N–H and O–H groups in total. The molecule has 0 fully saturated rings. The molecule has 0 spiro atoms. The van der Waals surface area contributed by atoms with Crippen LogP contribution in [0.5, 0.6) is 5.75 Å². The zero-order chi connectivity index (χ0) is 24.6. The van der Waals surface area contributed by atoms with Crippen molar-refractivity contribution >= 4 is 0 Å².